The molecule has 1 aliphatic rings. The van der Waals surface area contributed by atoms with Crippen LogP contribution in [0.25, 0.3) is 78.4 Å². The Balaban J connectivity index is 1.01. The number of hydrogen-bond donors (Lipinski definition) is 0. The van der Waals surface area contributed by atoms with Crippen LogP contribution in [0.2, 0.25) is 0 Å². The molecule has 1 aliphatic carbocycles. The third-order valence-electron chi connectivity index (χ3n) is 10.2. The highest BCUT2D eigenvalue weighted by molar-refractivity contribution is 5.85. The van der Waals surface area contributed by atoms with E-state index in [1.165, 1.54) is 44.5 Å². The van der Waals surface area contributed by atoms with Crippen LogP contribution in [0.1, 0.15) is 25.0 Å². The molecule has 0 radical (unpaired) electrons. The molecule has 2 aromatic heterocycles. The van der Waals surface area contributed by atoms with Gasteiger partial charge in [-0.05, 0) is 73.8 Å². The molecule has 0 saturated carbocycles. The van der Waals surface area contributed by atoms with Crippen molar-refractivity contribution in [2.24, 2.45) is 0 Å². The van der Waals surface area contributed by atoms with Gasteiger partial charge in [-0.2, -0.15) is 0 Å². The summed E-state index contributed by atoms with van der Waals surface area (Å²) in [5.41, 5.74) is 17.4. The highest BCUT2D eigenvalue weighted by Crippen LogP contribution is 2.49. The molecule has 8 aromatic rings. The van der Waals surface area contributed by atoms with E-state index in [2.05, 4.69) is 158 Å². The van der Waals surface area contributed by atoms with E-state index in [4.69, 9.17) is 9.97 Å². The lowest BCUT2D eigenvalue weighted by atomic mass is 9.82. The molecular weight excluding hydrogens is 619 g/mol. The number of nitrogens with zero attached hydrogens (tertiary/aromatic N) is 3. The maximum atomic E-state index is 5.04. The zero-order chi connectivity index (χ0) is 34.4. The first-order valence-corrected chi connectivity index (χ1v) is 17.4. The Labute approximate surface area is 299 Å². The number of pyridine rings is 1. The predicted octanol–water partition coefficient (Wildman–Crippen LogP) is 12.2. The molecular formula is C48H35N3. The van der Waals surface area contributed by atoms with Gasteiger partial charge in [-0.1, -0.05) is 159 Å². The van der Waals surface area contributed by atoms with Crippen molar-refractivity contribution in [2.75, 3.05) is 0 Å². The van der Waals surface area contributed by atoms with Gasteiger partial charge in [0, 0.05) is 34.5 Å². The normalized spacial score (nSPS) is 12.7. The van der Waals surface area contributed by atoms with Gasteiger partial charge >= 0.3 is 0 Å². The summed E-state index contributed by atoms with van der Waals surface area (Å²) in [5.74, 6) is 0.706. The number of aromatic nitrogens is 3. The first kappa shape index (κ1) is 30.6. The van der Waals surface area contributed by atoms with Gasteiger partial charge in [0.2, 0.25) is 0 Å². The first-order valence-electron chi connectivity index (χ1n) is 17.4. The van der Waals surface area contributed by atoms with Crippen LogP contribution in [-0.2, 0) is 5.41 Å². The Morgan fingerprint density at radius 1 is 0.373 bits per heavy atom. The van der Waals surface area contributed by atoms with Gasteiger partial charge in [-0.25, -0.2) is 9.97 Å². The molecule has 0 fully saturated rings. The molecule has 242 valence electrons. The number of rotatable bonds is 6. The number of fused-ring (bicyclic) bond motifs is 3. The van der Waals surface area contributed by atoms with E-state index in [1.54, 1.807) is 6.20 Å². The SMILES string of the molecule is CC1(C)c2ccccc2-c2cc(-c3ccc(-c4ccc(-c5cc(-c6ccc(-c7cccnc7)cc6)nc(-c6ccccc6)n5)cc4)cc3)ccc21. The van der Waals surface area contributed by atoms with Gasteiger partial charge < -0.3 is 0 Å². The Morgan fingerprint density at radius 2 is 0.863 bits per heavy atom. The van der Waals surface area contributed by atoms with Crippen LogP contribution in [0.3, 0.4) is 0 Å². The molecule has 9 rings (SSSR count). The van der Waals surface area contributed by atoms with Gasteiger partial charge in [0.05, 0.1) is 11.4 Å². The zero-order valence-electron chi connectivity index (χ0n) is 28.6. The molecule has 0 amide bonds. The lowest BCUT2D eigenvalue weighted by Crippen LogP contribution is -2.14. The molecule has 0 aliphatic heterocycles. The Kier molecular flexibility index (Phi) is 7.48. The average Bonchev–Trinajstić information content (AvgIpc) is 3.44. The fraction of sp³-hybridized carbons (Fsp3) is 0.0625. The fourth-order valence-electron chi connectivity index (χ4n) is 7.41. The quantitative estimate of drug-likeness (QED) is 0.179. The molecule has 3 nitrogen and oxygen atoms in total. The summed E-state index contributed by atoms with van der Waals surface area (Å²) in [4.78, 5) is 14.3. The van der Waals surface area contributed by atoms with Gasteiger partial charge in [-0.3, -0.25) is 4.98 Å². The summed E-state index contributed by atoms with van der Waals surface area (Å²) >= 11 is 0. The molecule has 51 heavy (non-hydrogen) atoms. The molecule has 0 unspecified atom stereocenters. The summed E-state index contributed by atoms with van der Waals surface area (Å²) < 4.78 is 0. The van der Waals surface area contributed by atoms with E-state index >= 15 is 0 Å². The highest BCUT2D eigenvalue weighted by atomic mass is 14.9. The summed E-state index contributed by atoms with van der Waals surface area (Å²) in [7, 11) is 0. The minimum Gasteiger partial charge on any atom is -0.264 e. The Morgan fingerprint density at radius 3 is 1.47 bits per heavy atom. The molecule has 2 heterocycles. The van der Waals surface area contributed by atoms with Crippen LogP contribution in [0.5, 0.6) is 0 Å². The molecule has 0 spiro atoms. The van der Waals surface area contributed by atoms with Crippen molar-refractivity contribution in [1.82, 2.24) is 15.0 Å². The summed E-state index contributed by atoms with van der Waals surface area (Å²) in [5, 5.41) is 0. The van der Waals surface area contributed by atoms with Crippen LogP contribution < -0.4 is 0 Å². The minimum atomic E-state index is 0.0170. The average molecular weight is 654 g/mol. The van der Waals surface area contributed by atoms with Gasteiger partial charge in [0.15, 0.2) is 5.82 Å². The molecule has 6 aromatic carbocycles. The van der Waals surface area contributed by atoms with Crippen molar-refractivity contribution in [2.45, 2.75) is 19.3 Å². The molecule has 3 heteroatoms. The third-order valence-corrected chi connectivity index (χ3v) is 10.2. The number of benzene rings is 6. The van der Waals surface area contributed by atoms with Crippen LogP contribution in [0, 0.1) is 0 Å². The van der Waals surface area contributed by atoms with Gasteiger partial charge in [-0.15, -0.1) is 0 Å². The van der Waals surface area contributed by atoms with Crippen molar-refractivity contribution in [1.29, 1.82) is 0 Å². The van der Waals surface area contributed by atoms with Crippen molar-refractivity contribution in [3.8, 4) is 78.4 Å². The lowest BCUT2D eigenvalue weighted by Gasteiger charge is -2.21. The van der Waals surface area contributed by atoms with E-state index < -0.39 is 0 Å². The van der Waals surface area contributed by atoms with E-state index in [9.17, 15) is 0 Å². The van der Waals surface area contributed by atoms with Crippen LogP contribution >= 0.6 is 0 Å². The standard InChI is InChI=1S/C48H35N3/c1-48(2)43-13-7-6-12-41(43)42-29-39(26-27-44(42)48)34-16-14-32(15-17-34)33-18-22-36(23-19-33)45-30-46(51-47(50-45)38-9-4-3-5-10-38)37-24-20-35(21-25-37)40-11-8-28-49-31-40/h3-31H,1-2H3. The summed E-state index contributed by atoms with van der Waals surface area (Å²) in [6, 6.07) is 58.2. The first-order chi connectivity index (χ1) is 25.0. The summed E-state index contributed by atoms with van der Waals surface area (Å²) in [6.45, 7) is 4.65. The molecule has 0 atom stereocenters. The lowest BCUT2D eigenvalue weighted by molar-refractivity contribution is 0.660. The molecule has 0 bridgehead atoms. The van der Waals surface area contributed by atoms with E-state index in [1.807, 2.05) is 30.5 Å². The molecule has 0 saturated heterocycles. The third kappa shape index (κ3) is 5.63. The van der Waals surface area contributed by atoms with Crippen LogP contribution in [-0.4, -0.2) is 15.0 Å². The van der Waals surface area contributed by atoms with E-state index in [0.717, 1.165) is 39.2 Å². The van der Waals surface area contributed by atoms with Crippen molar-refractivity contribution < 1.29 is 0 Å². The second kappa shape index (κ2) is 12.5. The fourth-order valence-corrected chi connectivity index (χ4v) is 7.41. The minimum absolute atomic E-state index is 0.0170. The molecule has 0 N–H and O–H groups in total. The van der Waals surface area contributed by atoms with E-state index in [0.29, 0.717) is 5.82 Å². The van der Waals surface area contributed by atoms with E-state index in [-0.39, 0.29) is 5.41 Å². The summed E-state index contributed by atoms with van der Waals surface area (Å²) in [6.07, 6.45) is 3.68. The maximum Gasteiger partial charge on any atom is 0.160 e. The predicted molar refractivity (Wildman–Crippen MR) is 210 cm³/mol. The second-order valence-corrected chi connectivity index (χ2v) is 13.7. The van der Waals surface area contributed by atoms with Crippen molar-refractivity contribution >= 4 is 0 Å². The zero-order valence-corrected chi connectivity index (χ0v) is 28.6. The maximum absolute atomic E-state index is 5.04. The van der Waals surface area contributed by atoms with Crippen molar-refractivity contribution in [3.05, 3.63) is 187 Å². The Bertz CT molecular complexity index is 2500. The van der Waals surface area contributed by atoms with Crippen molar-refractivity contribution in [3.63, 3.8) is 0 Å². The smallest absolute Gasteiger partial charge is 0.160 e. The second-order valence-electron chi connectivity index (χ2n) is 13.7. The van der Waals surface area contributed by atoms with Crippen LogP contribution in [0.15, 0.2) is 176 Å². The number of hydrogen-bond acceptors (Lipinski definition) is 3. The van der Waals surface area contributed by atoms with Gasteiger partial charge in [0.1, 0.15) is 0 Å². The largest absolute Gasteiger partial charge is 0.264 e. The highest BCUT2D eigenvalue weighted by Gasteiger charge is 2.35. The van der Waals surface area contributed by atoms with Gasteiger partial charge in [0.25, 0.3) is 0 Å². The Hall–Kier alpha value is -6.45. The topological polar surface area (TPSA) is 38.7 Å². The van der Waals surface area contributed by atoms with Crippen LogP contribution in [0.4, 0.5) is 0 Å². The monoisotopic (exact) mass is 653 g/mol.